The van der Waals surface area contributed by atoms with Crippen LogP contribution in [0.3, 0.4) is 0 Å². The molecular formula is C20H22N2OS2. The van der Waals surface area contributed by atoms with Crippen molar-refractivity contribution in [3.63, 3.8) is 0 Å². The predicted octanol–water partition coefficient (Wildman–Crippen LogP) is 5.17. The van der Waals surface area contributed by atoms with Gasteiger partial charge in [-0.3, -0.25) is 9.36 Å². The number of aryl methyl sites for hydroxylation is 4. The van der Waals surface area contributed by atoms with Crippen molar-refractivity contribution in [3.05, 3.63) is 68.3 Å². The van der Waals surface area contributed by atoms with E-state index in [1.165, 1.54) is 16.7 Å². The highest BCUT2D eigenvalue weighted by atomic mass is 32.2. The van der Waals surface area contributed by atoms with E-state index in [1.54, 1.807) is 33.7 Å². The first-order valence-corrected chi connectivity index (χ1v) is 10.0. The molecule has 1 aromatic carbocycles. The van der Waals surface area contributed by atoms with Gasteiger partial charge in [0.1, 0.15) is 4.83 Å². The normalized spacial score (nSPS) is 11.2. The van der Waals surface area contributed by atoms with Gasteiger partial charge in [0.05, 0.1) is 5.39 Å². The molecule has 25 heavy (non-hydrogen) atoms. The summed E-state index contributed by atoms with van der Waals surface area (Å²) in [6, 6.07) is 6.47. The van der Waals surface area contributed by atoms with E-state index in [2.05, 4.69) is 38.6 Å². The van der Waals surface area contributed by atoms with Gasteiger partial charge >= 0.3 is 0 Å². The first-order chi connectivity index (χ1) is 11.9. The number of allylic oxidation sites excluding steroid dienone is 1. The molecule has 0 aliphatic rings. The number of thiophene rings is 1. The van der Waals surface area contributed by atoms with Gasteiger partial charge in [-0.15, -0.1) is 17.9 Å². The molecule has 0 saturated heterocycles. The molecule has 2 heterocycles. The molecule has 0 amide bonds. The van der Waals surface area contributed by atoms with Crippen LogP contribution in [0.5, 0.6) is 0 Å². The molecule has 0 atom stereocenters. The molecule has 0 N–H and O–H groups in total. The van der Waals surface area contributed by atoms with Crippen molar-refractivity contribution in [2.45, 2.75) is 45.1 Å². The third-order valence-electron chi connectivity index (χ3n) is 4.43. The monoisotopic (exact) mass is 370 g/mol. The predicted molar refractivity (Wildman–Crippen MR) is 109 cm³/mol. The van der Waals surface area contributed by atoms with Crippen LogP contribution in [0.25, 0.3) is 10.2 Å². The molecule has 0 spiro atoms. The van der Waals surface area contributed by atoms with Crippen LogP contribution in [0.1, 0.15) is 27.1 Å². The maximum Gasteiger partial charge on any atom is 0.263 e. The van der Waals surface area contributed by atoms with Crippen molar-refractivity contribution in [1.29, 1.82) is 0 Å². The van der Waals surface area contributed by atoms with Gasteiger partial charge in [0.2, 0.25) is 0 Å². The van der Waals surface area contributed by atoms with Crippen molar-refractivity contribution >= 4 is 33.3 Å². The molecule has 0 radical (unpaired) electrons. The fraction of sp³-hybridized carbons (Fsp3) is 0.300. The van der Waals surface area contributed by atoms with Gasteiger partial charge in [-0.25, -0.2) is 4.98 Å². The Hall–Kier alpha value is -1.85. The lowest BCUT2D eigenvalue weighted by Gasteiger charge is -2.11. The first kappa shape index (κ1) is 18.0. The molecule has 2 aromatic heterocycles. The highest BCUT2D eigenvalue weighted by molar-refractivity contribution is 7.98. The molecule has 0 bridgehead atoms. The molecule has 0 fully saturated rings. The van der Waals surface area contributed by atoms with E-state index in [4.69, 9.17) is 4.98 Å². The van der Waals surface area contributed by atoms with Crippen molar-refractivity contribution in [3.8, 4) is 0 Å². The summed E-state index contributed by atoms with van der Waals surface area (Å²) in [6.07, 6.45) is 1.76. The van der Waals surface area contributed by atoms with Crippen LogP contribution in [0.15, 0.2) is 40.8 Å². The second-order valence-corrected chi connectivity index (χ2v) is 8.43. The minimum absolute atomic E-state index is 0.0372. The number of hydrogen-bond acceptors (Lipinski definition) is 4. The lowest BCUT2D eigenvalue weighted by atomic mass is 10.1. The molecule has 0 aliphatic heterocycles. The summed E-state index contributed by atoms with van der Waals surface area (Å²) in [5, 5.41) is 1.51. The number of hydrogen-bond donors (Lipinski definition) is 0. The Labute approximate surface area is 156 Å². The molecule has 5 heteroatoms. The zero-order chi connectivity index (χ0) is 18.1. The zero-order valence-corrected chi connectivity index (χ0v) is 16.7. The molecule has 3 rings (SSSR count). The third kappa shape index (κ3) is 3.44. The lowest BCUT2D eigenvalue weighted by Crippen LogP contribution is -2.22. The first-order valence-electron chi connectivity index (χ1n) is 8.22. The summed E-state index contributed by atoms with van der Waals surface area (Å²) in [4.78, 5) is 19.8. The fourth-order valence-corrected chi connectivity index (χ4v) is 4.95. The van der Waals surface area contributed by atoms with Gasteiger partial charge in [0.15, 0.2) is 5.16 Å². The van der Waals surface area contributed by atoms with Gasteiger partial charge in [-0.05, 0) is 44.4 Å². The van der Waals surface area contributed by atoms with Crippen molar-refractivity contribution < 1.29 is 0 Å². The molecule has 0 saturated carbocycles. The van der Waals surface area contributed by atoms with E-state index in [1.807, 2.05) is 13.8 Å². The summed E-state index contributed by atoms with van der Waals surface area (Å²) < 4.78 is 1.74. The van der Waals surface area contributed by atoms with Crippen molar-refractivity contribution in [2.75, 3.05) is 0 Å². The topological polar surface area (TPSA) is 34.9 Å². The number of rotatable bonds is 5. The van der Waals surface area contributed by atoms with Crippen LogP contribution in [0, 0.1) is 27.7 Å². The Balaban J connectivity index is 2.05. The maximum atomic E-state index is 13.0. The van der Waals surface area contributed by atoms with Crippen LogP contribution in [-0.4, -0.2) is 9.55 Å². The van der Waals surface area contributed by atoms with Crippen LogP contribution < -0.4 is 5.56 Å². The largest absolute Gasteiger partial charge is 0.283 e. The average Bonchev–Trinajstić information content (AvgIpc) is 2.86. The van der Waals surface area contributed by atoms with Crippen LogP contribution >= 0.6 is 23.1 Å². The minimum Gasteiger partial charge on any atom is -0.283 e. The van der Waals surface area contributed by atoms with Gasteiger partial charge in [-0.2, -0.15) is 0 Å². The summed E-state index contributed by atoms with van der Waals surface area (Å²) in [5.74, 6) is 0.798. The molecular weight excluding hydrogens is 348 g/mol. The third-order valence-corrected chi connectivity index (χ3v) is 6.55. The number of aromatic nitrogens is 2. The number of thioether (sulfide) groups is 1. The minimum atomic E-state index is 0.0372. The van der Waals surface area contributed by atoms with E-state index in [-0.39, 0.29) is 5.56 Å². The van der Waals surface area contributed by atoms with Gasteiger partial charge in [0.25, 0.3) is 5.56 Å². The maximum absolute atomic E-state index is 13.0. The van der Waals surface area contributed by atoms with Crippen LogP contribution in [-0.2, 0) is 12.3 Å². The highest BCUT2D eigenvalue weighted by Crippen LogP contribution is 2.30. The summed E-state index contributed by atoms with van der Waals surface area (Å²) in [5.41, 5.74) is 4.87. The highest BCUT2D eigenvalue weighted by Gasteiger charge is 2.16. The second-order valence-electron chi connectivity index (χ2n) is 6.28. The Morgan fingerprint density at radius 1 is 1.28 bits per heavy atom. The molecule has 3 nitrogen and oxygen atoms in total. The van der Waals surface area contributed by atoms with Gasteiger partial charge < -0.3 is 0 Å². The standard InChI is InChI=1S/C20H22N2OS2/c1-6-9-22-19(23)17-14(4)15(5)25-18(17)21-20(22)24-11-16-10-12(2)7-8-13(16)3/h6-8,10H,1,9,11H2,2-5H3. The van der Waals surface area contributed by atoms with Gasteiger partial charge in [0, 0.05) is 17.2 Å². The van der Waals surface area contributed by atoms with Crippen molar-refractivity contribution in [1.82, 2.24) is 9.55 Å². The second kappa shape index (κ2) is 7.18. The quantitative estimate of drug-likeness (QED) is 0.353. The Morgan fingerprint density at radius 2 is 2.04 bits per heavy atom. The summed E-state index contributed by atoms with van der Waals surface area (Å²) >= 11 is 3.22. The van der Waals surface area contributed by atoms with Gasteiger partial charge in [-0.1, -0.05) is 41.6 Å². The van der Waals surface area contributed by atoms with E-state index < -0.39 is 0 Å². The van der Waals surface area contributed by atoms with E-state index in [9.17, 15) is 4.79 Å². The van der Waals surface area contributed by atoms with E-state index >= 15 is 0 Å². The zero-order valence-electron chi connectivity index (χ0n) is 15.0. The van der Waals surface area contributed by atoms with E-state index in [0.29, 0.717) is 6.54 Å². The Bertz CT molecular complexity index is 1010. The number of fused-ring (bicyclic) bond motifs is 1. The molecule has 0 unspecified atom stereocenters. The van der Waals surface area contributed by atoms with E-state index in [0.717, 1.165) is 31.6 Å². The van der Waals surface area contributed by atoms with Crippen LogP contribution in [0.2, 0.25) is 0 Å². The smallest absolute Gasteiger partial charge is 0.263 e. The fourth-order valence-electron chi connectivity index (χ4n) is 2.81. The summed E-state index contributed by atoms with van der Waals surface area (Å²) in [7, 11) is 0. The lowest BCUT2D eigenvalue weighted by molar-refractivity contribution is 0.672. The Kier molecular flexibility index (Phi) is 5.16. The molecule has 0 aliphatic carbocycles. The summed E-state index contributed by atoms with van der Waals surface area (Å²) in [6.45, 7) is 12.5. The Morgan fingerprint density at radius 3 is 2.76 bits per heavy atom. The average molecular weight is 371 g/mol. The van der Waals surface area contributed by atoms with Crippen LogP contribution in [0.4, 0.5) is 0 Å². The molecule has 3 aromatic rings. The molecule has 130 valence electrons. The SMILES string of the molecule is C=CCn1c(SCc2cc(C)ccc2C)nc2sc(C)c(C)c2c1=O. The van der Waals surface area contributed by atoms with Crippen molar-refractivity contribution in [2.24, 2.45) is 0 Å². The number of nitrogens with zero attached hydrogens (tertiary/aromatic N) is 2. The number of benzene rings is 1.